The molecule has 5 nitrogen and oxygen atoms in total. The first-order valence-corrected chi connectivity index (χ1v) is 8.09. The second-order valence-corrected chi connectivity index (χ2v) is 6.01. The molecule has 0 atom stereocenters. The molecule has 0 saturated heterocycles. The fourth-order valence-electron chi connectivity index (χ4n) is 2.87. The van der Waals surface area contributed by atoms with E-state index >= 15 is 0 Å². The maximum Gasteiger partial charge on any atom is 0.416 e. The van der Waals surface area contributed by atoms with Gasteiger partial charge in [-0.1, -0.05) is 12.1 Å². The van der Waals surface area contributed by atoms with Crippen molar-refractivity contribution in [2.45, 2.75) is 19.0 Å². The highest BCUT2D eigenvalue weighted by Crippen LogP contribution is 2.33. The van der Waals surface area contributed by atoms with Gasteiger partial charge in [0.15, 0.2) is 11.4 Å². The number of rotatable bonds is 2. The summed E-state index contributed by atoms with van der Waals surface area (Å²) in [5.41, 5.74) is 6.72. The molecule has 0 amide bonds. The number of hydrogen-bond donors (Lipinski definition) is 1. The van der Waals surface area contributed by atoms with Gasteiger partial charge in [-0.3, -0.25) is 0 Å². The zero-order valence-corrected chi connectivity index (χ0v) is 13.6. The molecule has 0 saturated carbocycles. The van der Waals surface area contributed by atoms with Crippen LogP contribution in [0.2, 0.25) is 0 Å². The summed E-state index contributed by atoms with van der Waals surface area (Å²) >= 11 is 0. The first kappa shape index (κ1) is 16.4. The summed E-state index contributed by atoms with van der Waals surface area (Å²) in [6.07, 6.45) is -0.658. The van der Waals surface area contributed by atoms with E-state index in [9.17, 15) is 13.2 Å². The number of benzene rings is 1. The summed E-state index contributed by atoms with van der Waals surface area (Å²) in [4.78, 5) is 4.41. The molecule has 26 heavy (non-hydrogen) atoms. The van der Waals surface area contributed by atoms with Crippen LogP contribution >= 0.6 is 0 Å². The number of nitrogens with zero attached hydrogens (tertiary/aromatic N) is 3. The SMILES string of the molecule is Nc1cc(-c2cccc(C(F)(F)F)c2)cc2nc(C3=CCCCO3)nn12. The van der Waals surface area contributed by atoms with Crippen molar-refractivity contribution in [2.75, 3.05) is 12.3 Å². The minimum absolute atomic E-state index is 0.282. The predicted molar refractivity (Wildman–Crippen MR) is 91.0 cm³/mol. The van der Waals surface area contributed by atoms with Gasteiger partial charge in [0.05, 0.1) is 12.2 Å². The normalized spacial score (nSPS) is 15.0. The van der Waals surface area contributed by atoms with Crippen LogP contribution in [-0.4, -0.2) is 21.2 Å². The number of hydrogen-bond acceptors (Lipinski definition) is 4. The van der Waals surface area contributed by atoms with Crippen LogP contribution in [0.25, 0.3) is 22.5 Å². The van der Waals surface area contributed by atoms with Crippen molar-refractivity contribution in [2.24, 2.45) is 0 Å². The van der Waals surface area contributed by atoms with Crippen LogP contribution in [0.4, 0.5) is 19.0 Å². The summed E-state index contributed by atoms with van der Waals surface area (Å²) < 4.78 is 45.9. The van der Waals surface area contributed by atoms with Gasteiger partial charge in [0, 0.05) is 0 Å². The van der Waals surface area contributed by atoms with Crippen LogP contribution in [0.5, 0.6) is 0 Å². The van der Waals surface area contributed by atoms with Gasteiger partial charge in [0.1, 0.15) is 5.82 Å². The summed E-state index contributed by atoms with van der Waals surface area (Å²) in [6.45, 7) is 0.604. The molecular weight excluding hydrogens is 345 g/mol. The molecule has 1 aromatic carbocycles. The van der Waals surface area contributed by atoms with Gasteiger partial charge < -0.3 is 10.5 Å². The first-order valence-electron chi connectivity index (χ1n) is 8.09. The van der Waals surface area contributed by atoms with Gasteiger partial charge in [0.2, 0.25) is 5.82 Å². The fourth-order valence-corrected chi connectivity index (χ4v) is 2.87. The summed E-state index contributed by atoms with van der Waals surface area (Å²) in [6, 6.07) is 8.34. The summed E-state index contributed by atoms with van der Waals surface area (Å²) in [5.74, 6) is 1.29. The Morgan fingerprint density at radius 3 is 2.69 bits per heavy atom. The molecule has 4 rings (SSSR count). The van der Waals surface area contributed by atoms with Gasteiger partial charge in [-0.05, 0) is 54.3 Å². The fraction of sp³-hybridized carbons (Fsp3) is 0.222. The third-order valence-electron chi connectivity index (χ3n) is 4.14. The Labute approximate surface area is 146 Å². The standard InChI is InChI=1S/C18H15F3N4O/c19-18(20,21)13-5-3-4-11(8-13)12-9-15(22)25-16(10-12)23-17(24-25)14-6-1-2-7-26-14/h3-6,8-10H,1-2,7,22H2. The molecule has 0 bridgehead atoms. The minimum atomic E-state index is -4.40. The van der Waals surface area contributed by atoms with Crippen LogP contribution in [0.3, 0.4) is 0 Å². The number of pyridine rings is 1. The molecule has 8 heteroatoms. The number of nitrogen functional groups attached to an aromatic ring is 1. The molecule has 0 aliphatic carbocycles. The summed E-state index contributed by atoms with van der Waals surface area (Å²) in [7, 11) is 0. The van der Waals surface area contributed by atoms with Crippen LogP contribution in [0.1, 0.15) is 24.2 Å². The van der Waals surface area contributed by atoms with Crippen molar-refractivity contribution in [3.8, 4) is 11.1 Å². The number of nitrogens with two attached hydrogens (primary N) is 1. The average Bonchev–Trinajstić information content (AvgIpc) is 3.07. The van der Waals surface area contributed by atoms with Gasteiger partial charge >= 0.3 is 6.18 Å². The van der Waals surface area contributed by atoms with E-state index in [0.717, 1.165) is 25.0 Å². The number of aromatic nitrogens is 3. The maximum absolute atomic E-state index is 13.0. The van der Waals surface area contributed by atoms with E-state index in [-0.39, 0.29) is 5.82 Å². The topological polar surface area (TPSA) is 65.4 Å². The zero-order chi connectivity index (χ0) is 18.3. The van der Waals surface area contributed by atoms with Gasteiger partial charge in [-0.2, -0.15) is 17.7 Å². The lowest BCUT2D eigenvalue weighted by atomic mass is 10.0. The van der Waals surface area contributed by atoms with Crippen molar-refractivity contribution in [3.63, 3.8) is 0 Å². The molecule has 0 spiro atoms. The molecule has 0 unspecified atom stereocenters. The van der Waals surface area contributed by atoms with Gasteiger partial charge in [-0.25, -0.2) is 4.98 Å². The Morgan fingerprint density at radius 2 is 1.96 bits per heavy atom. The van der Waals surface area contributed by atoms with E-state index in [1.165, 1.54) is 10.6 Å². The Hall–Kier alpha value is -3.03. The average molecular weight is 360 g/mol. The molecule has 2 aromatic heterocycles. The van der Waals surface area contributed by atoms with Crippen molar-refractivity contribution >= 4 is 17.2 Å². The van der Waals surface area contributed by atoms with E-state index < -0.39 is 11.7 Å². The molecule has 134 valence electrons. The lowest BCUT2D eigenvalue weighted by Gasteiger charge is -2.11. The third-order valence-corrected chi connectivity index (χ3v) is 4.14. The highest BCUT2D eigenvalue weighted by atomic mass is 19.4. The zero-order valence-electron chi connectivity index (χ0n) is 13.6. The Kier molecular flexibility index (Phi) is 3.82. The summed E-state index contributed by atoms with van der Waals surface area (Å²) in [5, 5.41) is 4.33. The highest BCUT2D eigenvalue weighted by Gasteiger charge is 2.30. The molecule has 3 heterocycles. The molecule has 2 N–H and O–H groups in total. The van der Waals surface area contributed by atoms with Crippen LogP contribution in [0.15, 0.2) is 42.5 Å². The van der Waals surface area contributed by atoms with E-state index in [1.807, 2.05) is 6.08 Å². The smallest absolute Gasteiger partial charge is 0.416 e. The van der Waals surface area contributed by atoms with Gasteiger partial charge in [0.25, 0.3) is 0 Å². The van der Waals surface area contributed by atoms with Crippen molar-refractivity contribution in [3.05, 3.63) is 53.9 Å². The minimum Gasteiger partial charge on any atom is -0.490 e. The molecule has 3 aromatic rings. The predicted octanol–water partition coefficient (Wildman–Crippen LogP) is 4.15. The quantitative estimate of drug-likeness (QED) is 0.746. The number of allylic oxidation sites excluding steroid dienone is 1. The molecule has 1 aliphatic rings. The lowest BCUT2D eigenvalue weighted by molar-refractivity contribution is -0.137. The molecule has 1 aliphatic heterocycles. The molecular formula is C18H15F3N4O. The van der Waals surface area contributed by atoms with Crippen LogP contribution in [-0.2, 0) is 10.9 Å². The molecule has 0 fully saturated rings. The third kappa shape index (κ3) is 2.98. The van der Waals surface area contributed by atoms with Crippen molar-refractivity contribution in [1.29, 1.82) is 0 Å². The lowest BCUT2D eigenvalue weighted by Crippen LogP contribution is -2.04. The van der Waals surface area contributed by atoms with E-state index in [2.05, 4.69) is 10.1 Å². The number of anilines is 1. The van der Waals surface area contributed by atoms with E-state index in [4.69, 9.17) is 10.5 Å². The number of alkyl halides is 3. The number of ether oxygens (including phenoxy) is 1. The highest BCUT2D eigenvalue weighted by molar-refractivity contribution is 5.72. The largest absolute Gasteiger partial charge is 0.490 e. The van der Waals surface area contributed by atoms with Crippen LogP contribution in [0, 0.1) is 0 Å². The second kappa shape index (κ2) is 6.05. The Morgan fingerprint density at radius 1 is 1.12 bits per heavy atom. The second-order valence-electron chi connectivity index (χ2n) is 6.01. The monoisotopic (exact) mass is 360 g/mol. The van der Waals surface area contributed by atoms with Gasteiger partial charge in [-0.15, -0.1) is 5.10 Å². The van der Waals surface area contributed by atoms with Crippen molar-refractivity contribution in [1.82, 2.24) is 14.6 Å². The number of fused-ring (bicyclic) bond motifs is 1. The molecule has 0 radical (unpaired) electrons. The Balaban J connectivity index is 1.79. The Bertz CT molecular complexity index is 1010. The van der Waals surface area contributed by atoms with Crippen molar-refractivity contribution < 1.29 is 17.9 Å². The number of halogens is 3. The first-order chi connectivity index (χ1) is 12.4. The maximum atomic E-state index is 13.0. The van der Waals surface area contributed by atoms with E-state index in [0.29, 0.717) is 35.0 Å². The van der Waals surface area contributed by atoms with Crippen LogP contribution < -0.4 is 5.73 Å². The van der Waals surface area contributed by atoms with E-state index in [1.54, 1.807) is 18.2 Å².